The molecule has 0 aliphatic carbocycles. The lowest BCUT2D eigenvalue weighted by atomic mass is 10.0. The molecule has 1 amide bonds. The molecule has 124 valence electrons. The summed E-state index contributed by atoms with van der Waals surface area (Å²) in [5.41, 5.74) is 2.77. The number of nitrogens with zero attached hydrogens (tertiary/aromatic N) is 2. The third kappa shape index (κ3) is 3.45. The summed E-state index contributed by atoms with van der Waals surface area (Å²) >= 11 is 0. The van der Waals surface area contributed by atoms with Crippen molar-refractivity contribution in [3.05, 3.63) is 81.9 Å². The second-order valence-electron chi connectivity index (χ2n) is 5.23. The van der Waals surface area contributed by atoms with Gasteiger partial charge in [-0.15, -0.1) is 0 Å². The van der Waals surface area contributed by atoms with Crippen LogP contribution in [0.15, 0.2) is 65.8 Å². The van der Waals surface area contributed by atoms with Crippen molar-refractivity contribution in [2.75, 3.05) is 0 Å². The van der Waals surface area contributed by atoms with Gasteiger partial charge in [0.2, 0.25) is 0 Å². The van der Waals surface area contributed by atoms with Crippen molar-refractivity contribution in [1.82, 2.24) is 5.43 Å². The van der Waals surface area contributed by atoms with Crippen LogP contribution in [0.3, 0.4) is 0 Å². The molecule has 3 aromatic rings. The van der Waals surface area contributed by atoms with E-state index in [0.29, 0.717) is 5.56 Å². The number of non-ortho nitro benzene ring substituents is 1. The number of carbonyl (C=O) groups excluding carboxylic acids is 1. The van der Waals surface area contributed by atoms with Crippen molar-refractivity contribution in [2.45, 2.75) is 0 Å². The summed E-state index contributed by atoms with van der Waals surface area (Å²) in [5, 5.41) is 26.0. The standard InChI is InChI=1S/C18H13N3O4/c22-17-9-8-14(21(24)25)10-13(17)11-19-20-18(23)16-7-3-5-12-4-1-2-6-15(12)16/h1-11,22H,(H,20,23)/b19-11+. The number of nitrogens with one attached hydrogen (secondary N) is 1. The van der Waals surface area contributed by atoms with Gasteiger partial charge in [0, 0.05) is 23.3 Å². The Morgan fingerprint density at radius 1 is 1.12 bits per heavy atom. The molecular formula is C18H13N3O4. The van der Waals surface area contributed by atoms with Crippen molar-refractivity contribution >= 4 is 28.6 Å². The molecule has 0 radical (unpaired) electrons. The zero-order valence-electron chi connectivity index (χ0n) is 12.9. The number of phenolic OH excluding ortho intramolecular Hbond substituents is 1. The summed E-state index contributed by atoms with van der Waals surface area (Å²) in [6.07, 6.45) is 1.16. The first-order valence-electron chi connectivity index (χ1n) is 7.35. The first-order valence-corrected chi connectivity index (χ1v) is 7.35. The molecule has 0 bridgehead atoms. The van der Waals surface area contributed by atoms with Crippen LogP contribution in [0.2, 0.25) is 0 Å². The van der Waals surface area contributed by atoms with Crippen LogP contribution in [0.4, 0.5) is 5.69 Å². The van der Waals surface area contributed by atoms with Gasteiger partial charge in [-0.3, -0.25) is 14.9 Å². The molecule has 0 unspecified atom stereocenters. The number of nitro benzene ring substituents is 1. The molecule has 0 saturated heterocycles. The molecular weight excluding hydrogens is 322 g/mol. The highest BCUT2D eigenvalue weighted by atomic mass is 16.6. The predicted octanol–water partition coefficient (Wildman–Crippen LogP) is 3.22. The topological polar surface area (TPSA) is 105 Å². The van der Waals surface area contributed by atoms with Crippen molar-refractivity contribution < 1.29 is 14.8 Å². The highest BCUT2D eigenvalue weighted by molar-refractivity contribution is 6.07. The highest BCUT2D eigenvalue weighted by Gasteiger charge is 2.10. The van der Waals surface area contributed by atoms with Crippen LogP contribution in [-0.4, -0.2) is 22.2 Å². The Balaban J connectivity index is 1.81. The molecule has 2 N–H and O–H groups in total. The average Bonchev–Trinajstić information content (AvgIpc) is 2.62. The number of phenols is 1. The predicted molar refractivity (Wildman–Crippen MR) is 93.8 cm³/mol. The molecule has 0 fully saturated rings. The largest absolute Gasteiger partial charge is 0.507 e. The fourth-order valence-corrected chi connectivity index (χ4v) is 2.40. The maximum atomic E-state index is 12.3. The van der Waals surface area contributed by atoms with E-state index in [4.69, 9.17) is 0 Å². The lowest BCUT2D eigenvalue weighted by molar-refractivity contribution is -0.384. The van der Waals surface area contributed by atoms with Crippen LogP contribution in [0.5, 0.6) is 5.75 Å². The van der Waals surface area contributed by atoms with Crippen molar-refractivity contribution in [2.24, 2.45) is 5.10 Å². The molecule has 0 aromatic heterocycles. The monoisotopic (exact) mass is 335 g/mol. The second-order valence-corrected chi connectivity index (χ2v) is 5.23. The number of hydrazone groups is 1. The fraction of sp³-hybridized carbons (Fsp3) is 0. The molecule has 0 aliphatic rings. The maximum Gasteiger partial charge on any atom is 0.271 e. The lowest BCUT2D eigenvalue weighted by Crippen LogP contribution is -2.17. The van der Waals surface area contributed by atoms with Crippen LogP contribution in [0.1, 0.15) is 15.9 Å². The molecule has 3 aromatic carbocycles. The van der Waals surface area contributed by atoms with E-state index >= 15 is 0 Å². The van der Waals surface area contributed by atoms with E-state index in [1.165, 1.54) is 18.2 Å². The number of amides is 1. The summed E-state index contributed by atoms with van der Waals surface area (Å²) < 4.78 is 0. The van der Waals surface area contributed by atoms with Crippen LogP contribution in [0, 0.1) is 10.1 Å². The minimum atomic E-state index is -0.578. The number of fused-ring (bicyclic) bond motifs is 1. The summed E-state index contributed by atoms with van der Waals surface area (Å²) in [6, 6.07) is 16.4. The number of nitro groups is 1. The molecule has 25 heavy (non-hydrogen) atoms. The lowest BCUT2D eigenvalue weighted by Gasteiger charge is -2.05. The summed E-state index contributed by atoms with van der Waals surface area (Å²) in [5.74, 6) is -0.591. The van der Waals surface area contributed by atoms with Gasteiger partial charge in [-0.25, -0.2) is 5.43 Å². The Kier molecular flexibility index (Phi) is 4.38. The molecule has 0 aliphatic heterocycles. The fourth-order valence-electron chi connectivity index (χ4n) is 2.40. The van der Waals surface area contributed by atoms with Gasteiger partial charge in [0.05, 0.1) is 11.1 Å². The van der Waals surface area contributed by atoms with Crippen molar-refractivity contribution in [3.8, 4) is 5.75 Å². The number of hydrogen-bond acceptors (Lipinski definition) is 5. The Morgan fingerprint density at radius 3 is 2.68 bits per heavy atom. The van der Waals surface area contributed by atoms with Crippen molar-refractivity contribution in [1.29, 1.82) is 0 Å². The van der Waals surface area contributed by atoms with Gasteiger partial charge in [0.25, 0.3) is 11.6 Å². The van der Waals surface area contributed by atoms with Gasteiger partial charge in [0.1, 0.15) is 5.75 Å². The van der Waals surface area contributed by atoms with E-state index in [2.05, 4.69) is 10.5 Å². The molecule has 7 nitrogen and oxygen atoms in total. The number of aromatic hydroxyl groups is 1. The van der Waals surface area contributed by atoms with Crippen LogP contribution < -0.4 is 5.43 Å². The zero-order chi connectivity index (χ0) is 17.8. The van der Waals surface area contributed by atoms with E-state index in [9.17, 15) is 20.0 Å². The smallest absolute Gasteiger partial charge is 0.271 e. The molecule has 0 saturated carbocycles. The van der Waals surface area contributed by atoms with Gasteiger partial charge < -0.3 is 5.11 Å². The Labute approximate surface area is 142 Å². The minimum absolute atomic E-state index is 0.132. The number of rotatable bonds is 4. The Bertz CT molecular complexity index is 993. The summed E-state index contributed by atoms with van der Waals surface area (Å²) in [6.45, 7) is 0. The van der Waals surface area contributed by atoms with Crippen LogP contribution in [-0.2, 0) is 0 Å². The number of benzene rings is 3. The highest BCUT2D eigenvalue weighted by Crippen LogP contribution is 2.21. The number of hydrogen-bond donors (Lipinski definition) is 2. The van der Waals surface area contributed by atoms with Crippen LogP contribution >= 0.6 is 0 Å². The van der Waals surface area contributed by atoms with Gasteiger partial charge >= 0.3 is 0 Å². The van der Waals surface area contributed by atoms with Gasteiger partial charge in [-0.2, -0.15) is 5.10 Å². The molecule has 7 heteroatoms. The minimum Gasteiger partial charge on any atom is -0.507 e. The SMILES string of the molecule is O=C(N/N=C/c1cc([N+](=O)[O-])ccc1O)c1cccc2ccccc12. The van der Waals surface area contributed by atoms with E-state index in [-0.39, 0.29) is 17.0 Å². The molecule has 0 heterocycles. The first-order chi connectivity index (χ1) is 12.1. The normalized spacial score (nSPS) is 10.9. The average molecular weight is 335 g/mol. The zero-order valence-corrected chi connectivity index (χ0v) is 12.9. The number of carbonyl (C=O) groups is 1. The Hall–Kier alpha value is -3.74. The Morgan fingerprint density at radius 2 is 1.88 bits per heavy atom. The van der Waals surface area contributed by atoms with Gasteiger partial charge in [0.15, 0.2) is 0 Å². The first kappa shape index (κ1) is 16.1. The quantitative estimate of drug-likeness (QED) is 0.434. The maximum absolute atomic E-state index is 12.3. The summed E-state index contributed by atoms with van der Waals surface area (Å²) in [4.78, 5) is 22.5. The molecule has 3 rings (SSSR count). The van der Waals surface area contributed by atoms with Gasteiger partial charge in [-0.05, 0) is 22.9 Å². The van der Waals surface area contributed by atoms with E-state index in [1.54, 1.807) is 12.1 Å². The van der Waals surface area contributed by atoms with E-state index in [1.807, 2.05) is 30.3 Å². The third-order valence-corrected chi connectivity index (χ3v) is 3.63. The van der Waals surface area contributed by atoms with E-state index < -0.39 is 10.8 Å². The third-order valence-electron chi connectivity index (χ3n) is 3.63. The van der Waals surface area contributed by atoms with Crippen LogP contribution in [0.25, 0.3) is 10.8 Å². The van der Waals surface area contributed by atoms with E-state index in [0.717, 1.165) is 17.0 Å². The van der Waals surface area contributed by atoms with Gasteiger partial charge in [-0.1, -0.05) is 36.4 Å². The summed E-state index contributed by atoms with van der Waals surface area (Å²) in [7, 11) is 0. The molecule has 0 spiro atoms. The second kappa shape index (κ2) is 6.79. The molecule has 0 atom stereocenters. The van der Waals surface area contributed by atoms with Crippen molar-refractivity contribution in [3.63, 3.8) is 0 Å².